The fourth-order valence-electron chi connectivity index (χ4n) is 3.63. The summed E-state index contributed by atoms with van der Waals surface area (Å²) in [5.41, 5.74) is 1.30. The van der Waals surface area contributed by atoms with Crippen LogP contribution in [0.3, 0.4) is 0 Å². The van der Waals surface area contributed by atoms with Gasteiger partial charge in [-0.3, -0.25) is 9.36 Å². The molecule has 0 amide bonds. The molecule has 0 N–H and O–H groups in total. The van der Waals surface area contributed by atoms with Crippen molar-refractivity contribution in [1.82, 2.24) is 4.57 Å². The molecule has 0 aliphatic carbocycles. The van der Waals surface area contributed by atoms with E-state index in [9.17, 15) is 9.59 Å². The number of aromatic nitrogens is 1. The molecule has 7 nitrogen and oxygen atoms in total. The third-order valence-electron chi connectivity index (χ3n) is 5.07. The van der Waals surface area contributed by atoms with Gasteiger partial charge in [0, 0.05) is 31.3 Å². The molecule has 1 unspecified atom stereocenters. The lowest BCUT2D eigenvalue weighted by molar-refractivity contribution is -0.139. The van der Waals surface area contributed by atoms with E-state index in [1.54, 1.807) is 50.3 Å². The number of anilines is 1. The Morgan fingerprint density at radius 1 is 1.36 bits per heavy atom. The molecule has 0 bridgehead atoms. The standard InChI is InChI=1S/C23H21BrClN3O4S/c1-5-31-22(30)18-12(2)26-23-28(19(18)13-6-8-14(25)9-7-13)20(29)17(33-23)11-15-10-16(24)21(32-15)27(3)4/h6-11,19H,5H2,1-4H3. The summed E-state index contributed by atoms with van der Waals surface area (Å²) in [6.07, 6.45) is 1.68. The molecule has 0 spiro atoms. The number of benzene rings is 1. The van der Waals surface area contributed by atoms with E-state index in [1.807, 2.05) is 19.0 Å². The molecule has 172 valence electrons. The summed E-state index contributed by atoms with van der Waals surface area (Å²) < 4.78 is 13.9. The molecular formula is C23H21BrClN3O4S. The van der Waals surface area contributed by atoms with Gasteiger partial charge in [0.1, 0.15) is 5.76 Å². The summed E-state index contributed by atoms with van der Waals surface area (Å²) in [6, 6.07) is 8.19. The number of esters is 1. The summed E-state index contributed by atoms with van der Waals surface area (Å²) in [5.74, 6) is 0.673. The Morgan fingerprint density at radius 3 is 2.67 bits per heavy atom. The van der Waals surface area contributed by atoms with Gasteiger partial charge in [-0.1, -0.05) is 35.1 Å². The number of hydrogen-bond donors (Lipinski definition) is 0. The number of furan rings is 1. The van der Waals surface area contributed by atoms with Gasteiger partial charge in [-0.25, -0.2) is 9.79 Å². The van der Waals surface area contributed by atoms with Gasteiger partial charge < -0.3 is 14.1 Å². The maximum Gasteiger partial charge on any atom is 0.338 e. The molecule has 2 aromatic heterocycles. The smallest absolute Gasteiger partial charge is 0.338 e. The van der Waals surface area contributed by atoms with Crippen LogP contribution in [0.2, 0.25) is 5.02 Å². The summed E-state index contributed by atoms with van der Waals surface area (Å²) in [5, 5.41) is 0.560. The van der Waals surface area contributed by atoms with Gasteiger partial charge in [-0.15, -0.1) is 0 Å². The number of carbonyl (C=O) groups is 1. The summed E-state index contributed by atoms with van der Waals surface area (Å²) >= 11 is 10.8. The molecule has 0 fully saturated rings. The Bertz CT molecular complexity index is 1430. The largest absolute Gasteiger partial charge is 0.463 e. The lowest BCUT2D eigenvalue weighted by atomic mass is 9.96. The van der Waals surface area contributed by atoms with E-state index in [2.05, 4.69) is 20.9 Å². The predicted molar refractivity (Wildman–Crippen MR) is 133 cm³/mol. The fraction of sp³-hybridized carbons (Fsp3) is 0.261. The lowest BCUT2D eigenvalue weighted by Gasteiger charge is -2.24. The zero-order valence-corrected chi connectivity index (χ0v) is 21.5. The van der Waals surface area contributed by atoms with Gasteiger partial charge in [0.25, 0.3) is 5.56 Å². The quantitative estimate of drug-likeness (QED) is 0.451. The van der Waals surface area contributed by atoms with Crippen LogP contribution in [0.25, 0.3) is 6.08 Å². The second kappa shape index (κ2) is 9.32. The van der Waals surface area contributed by atoms with Crippen LogP contribution in [-0.2, 0) is 9.53 Å². The van der Waals surface area contributed by atoms with Crippen LogP contribution in [0.15, 0.2) is 60.3 Å². The van der Waals surface area contributed by atoms with E-state index in [0.29, 0.717) is 37.3 Å². The Labute approximate surface area is 207 Å². The van der Waals surface area contributed by atoms with Gasteiger partial charge in [0.15, 0.2) is 4.80 Å². The van der Waals surface area contributed by atoms with Gasteiger partial charge in [-0.2, -0.15) is 0 Å². The first-order valence-corrected chi connectivity index (χ1v) is 12.1. The fourth-order valence-corrected chi connectivity index (χ4v) is 5.45. The van der Waals surface area contributed by atoms with Crippen molar-refractivity contribution in [3.63, 3.8) is 0 Å². The number of halogens is 2. The van der Waals surface area contributed by atoms with Crippen LogP contribution in [0.5, 0.6) is 0 Å². The monoisotopic (exact) mass is 549 g/mol. The highest BCUT2D eigenvalue weighted by Gasteiger charge is 2.33. The molecule has 1 aliphatic heterocycles. The maximum absolute atomic E-state index is 13.5. The zero-order chi connectivity index (χ0) is 23.9. The van der Waals surface area contributed by atoms with Crippen molar-refractivity contribution in [2.75, 3.05) is 25.6 Å². The van der Waals surface area contributed by atoms with Gasteiger partial charge in [0.05, 0.1) is 32.9 Å². The van der Waals surface area contributed by atoms with Crippen LogP contribution in [0.4, 0.5) is 5.88 Å². The molecule has 0 saturated heterocycles. The van der Waals surface area contributed by atoms with E-state index < -0.39 is 12.0 Å². The van der Waals surface area contributed by atoms with Crippen LogP contribution in [0.1, 0.15) is 31.2 Å². The minimum Gasteiger partial charge on any atom is -0.463 e. The number of ether oxygens (including phenoxy) is 1. The van der Waals surface area contributed by atoms with Crippen molar-refractivity contribution in [2.45, 2.75) is 19.9 Å². The highest BCUT2D eigenvalue weighted by Crippen LogP contribution is 2.32. The van der Waals surface area contributed by atoms with E-state index in [1.165, 1.54) is 15.9 Å². The second-order valence-electron chi connectivity index (χ2n) is 7.55. The first-order chi connectivity index (χ1) is 15.7. The predicted octanol–water partition coefficient (Wildman–Crippen LogP) is 3.87. The first-order valence-electron chi connectivity index (χ1n) is 10.1. The highest BCUT2D eigenvalue weighted by atomic mass is 79.9. The topological polar surface area (TPSA) is 77.0 Å². The first kappa shape index (κ1) is 23.5. The summed E-state index contributed by atoms with van der Waals surface area (Å²) in [7, 11) is 3.74. The van der Waals surface area contributed by atoms with E-state index in [0.717, 1.165) is 10.0 Å². The zero-order valence-electron chi connectivity index (χ0n) is 18.4. The number of hydrogen-bond acceptors (Lipinski definition) is 7. The Balaban J connectivity index is 1.93. The molecular weight excluding hydrogens is 530 g/mol. The molecule has 1 aliphatic rings. The van der Waals surface area contributed by atoms with E-state index in [-0.39, 0.29) is 12.2 Å². The SMILES string of the molecule is CCOC(=O)C1=C(C)N=c2sc(=Cc3cc(Br)c(N(C)C)o3)c(=O)n2C1c1ccc(Cl)cc1. The lowest BCUT2D eigenvalue weighted by Crippen LogP contribution is -2.39. The third-order valence-corrected chi connectivity index (χ3v) is 6.87. The summed E-state index contributed by atoms with van der Waals surface area (Å²) in [4.78, 5) is 33.3. The van der Waals surface area contributed by atoms with Crippen molar-refractivity contribution in [3.8, 4) is 0 Å². The van der Waals surface area contributed by atoms with Gasteiger partial charge >= 0.3 is 5.97 Å². The van der Waals surface area contributed by atoms with Gasteiger partial charge in [0.2, 0.25) is 5.88 Å². The Kier molecular flexibility index (Phi) is 6.65. The van der Waals surface area contributed by atoms with Crippen LogP contribution in [-0.4, -0.2) is 31.2 Å². The molecule has 10 heteroatoms. The van der Waals surface area contributed by atoms with E-state index in [4.69, 9.17) is 20.8 Å². The average Bonchev–Trinajstić information content (AvgIpc) is 3.27. The molecule has 0 saturated carbocycles. The van der Waals surface area contributed by atoms with Gasteiger partial charge in [-0.05, 0) is 47.5 Å². The Hall–Kier alpha value is -2.62. The number of rotatable bonds is 5. The minimum atomic E-state index is -0.680. The second-order valence-corrected chi connectivity index (χ2v) is 9.85. The normalized spacial score (nSPS) is 15.9. The number of allylic oxidation sites excluding steroid dienone is 1. The Morgan fingerprint density at radius 2 is 2.06 bits per heavy atom. The number of nitrogens with zero attached hydrogens (tertiary/aromatic N) is 3. The van der Waals surface area contributed by atoms with Crippen LogP contribution >= 0.6 is 38.9 Å². The van der Waals surface area contributed by atoms with E-state index >= 15 is 0 Å². The summed E-state index contributed by atoms with van der Waals surface area (Å²) in [6.45, 7) is 3.71. The molecule has 33 heavy (non-hydrogen) atoms. The third kappa shape index (κ3) is 4.45. The number of fused-ring (bicyclic) bond motifs is 1. The molecule has 4 rings (SSSR count). The molecule has 3 heterocycles. The molecule has 0 radical (unpaired) electrons. The maximum atomic E-state index is 13.5. The van der Waals surface area contributed by atoms with Crippen molar-refractivity contribution >= 4 is 56.8 Å². The van der Waals surface area contributed by atoms with Crippen molar-refractivity contribution in [2.24, 2.45) is 4.99 Å². The number of carbonyl (C=O) groups excluding carboxylic acids is 1. The van der Waals surface area contributed by atoms with Crippen LogP contribution < -0.4 is 19.8 Å². The molecule has 1 aromatic carbocycles. The van der Waals surface area contributed by atoms with Crippen molar-refractivity contribution < 1.29 is 13.9 Å². The number of thiazole rings is 1. The van der Waals surface area contributed by atoms with Crippen LogP contribution in [0, 0.1) is 0 Å². The molecule has 1 atom stereocenters. The van der Waals surface area contributed by atoms with Crippen molar-refractivity contribution in [3.05, 3.63) is 82.1 Å². The van der Waals surface area contributed by atoms with Crippen molar-refractivity contribution in [1.29, 1.82) is 0 Å². The minimum absolute atomic E-state index is 0.217. The average molecular weight is 551 g/mol. The molecule has 3 aromatic rings. The highest BCUT2D eigenvalue weighted by molar-refractivity contribution is 9.10.